The first-order valence-corrected chi connectivity index (χ1v) is 4.16. The zero-order valence-electron chi connectivity index (χ0n) is 7.61. The van der Waals surface area contributed by atoms with E-state index in [1.807, 2.05) is 13.8 Å². The fourth-order valence-electron chi connectivity index (χ4n) is 1.59. The maximum Gasteiger partial charge on any atom is 0.193 e. The summed E-state index contributed by atoms with van der Waals surface area (Å²) in [6.07, 6.45) is 1.55. The van der Waals surface area contributed by atoms with Gasteiger partial charge in [0.25, 0.3) is 0 Å². The van der Waals surface area contributed by atoms with E-state index in [2.05, 4.69) is 0 Å². The molecule has 68 valence electrons. The molecule has 0 radical (unpaired) electrons. The third-order valence-corrected chi connectivity index (χ3v) is 2.50. The molecule has 1 heterocycles. The summed E-state index contributed by atoms with van der Waals surface area (Å²) in [5.74, 6) is 0.204. The van der Waals surface area contributed by atoms with Gasteiger partial charge in [0.05, 0.1) is 0 Å². The highest BCUT2D eigenvalue weighted by molar-refractivity contribution is 5.81. The summed E-state index contributed by atoms with van der Waals surface area (Å²) in [5.41, 5.74) is 1.20. The van der Waals surface area contributed by atoms with Gasteiger partial charge in [-0.05, 0) is 18.2 Å². The highest BCUT2D eigenvalue weighted by Crippen LogP contribution is 2.33. The van der Waals surface area contributed by atoms with Crippen LogP contribution in [-0.4, -0.2) is 16.1 Å². The van der Waals surface area contributed by atoms with E-state index >= 15 is 0 Å². The minimum absolute atomic E-state index is 0.204. The molecular weight excluding hydrogens is 166 g/mol. The molecule has 1 aliphatic rings. The van der Waals surface area contributed by atoms with Crippen LogP contribution >= 0.6 is 0 Å². The number of rotatable bonds is 0. The second-order valence-corrected chi connectivity index (χ2v) is 3.79. The van der Waals surface area contributed by atoms with Crippen molar-refractivity contribution in [2.24, 2.45) is 0 Å². The van der Waals surface area contributed by atoms with Crippen molar-refractivity contribution >= 4 is 6.21 Å². The Labute approximate surface area is 76.5 Å². The van der Waals surface area contributed by atoms with Gasteiger partial charge in [0.1, 0.15) is 5.75 Å². The third kappa shape index (κ3) is 1.00. The highest BCUT2D eigenvalue weighted by Gasteiger charge is 2.37. The SMILES string of the molecule is CC1(C)c2cc(O)ccc2C=[N+]1[O-]. The Morgan fingerprint density at radius 2 is 2.08 bits per heavy atom. The number of phenols is 1. The lowest BCUT2D eigenvalue weighted by Gasteiger charge is -2.19. The van der Waals surface area contributed by atoms with Crippen LogP contribution in [0.5, 0.6) is 5.75 Å². The summed E-state index contributed by atoms with van der Waals surface area (Å²) in [6, 6.07) is 4.98. The van der Waals surface area contributed by atoms with Crippen molar-refractivity contribution in [3.63, 3.8) is 0 Å². The van der Waals surface area contributed by atoms with Gasteiger partial charge < -0.3 is 10.3 Å². The molecule has 0 fully saturated rings. The molecule has 1 aromatic rings. The molecule has 0 unspecified atom stereocenters. The molecule has 1 aliphatic heterocycles. The van der Waals surface area contributed by atoms with E-state index in [9.17, 15) is 10.3 Å². The Balaban J connectivity index is 2.65. The highest BCUT2D eigenvalue weighted by atomic mass is 16.5. The molecule has 0 atom stereocenters. The molecule has 3 heteroatoms. The standard InChI is InChI=1S/C10H11NO2/c1-10(2)9-5-8(12)4-3-7(9)6-11(10)13/h3-6,12H,1-2H3. The van der Waals surface area contributed by atoms with E-state index in [4.69, 9.17) is 0 Å². The minimum atomic E-state index is -0.561. The first-order chi connectivity index (χ1) is 6.01. The average molecular weight is 177 g/mol. The Morgan fingerprint density at radius 3 is 2.77 bits per heavy atom. The van der Waals surface area contributed by atoms with E-state index in [0.717, 1.165) is 15.9 Å². The summed E-state index contributed by atoms with van der Waals surface area (Å²) >= 11 is 0. The Bertz CT molecular complexity index is 394. The van der Waals surface area contributed by atoms with Crippen molar-refractivity contribution in [2.45, 2.75) is 19.4 Å². The van der Waals surface area contributed by atoms with E-state index < -0.39 is 5.54 Å². The van der Waals surface area contributed by atoms with Crippen LogP contribution in [0, 0.1) is 5.21 Å². The van der Waals surface area contributed by atoms with Crippen LogP contribution in [0.15, 0.2) is 18.2 Å². The molecule has 0 aromatic heterocycles. The molecular formula is C10H11NO2. The van der Waals surface area contributed by atoms with Crippen LogP contribution in [0.3, 0.4) is 0 Å². The molecule has 0 bridgehead atoms. The fourth-order valence-corrected chi connectivity index (χ4v) is 1.59. The van der Waals surface area contributed by atoms with Gasteiger partial charge in [-0.15, -0.1) is 0 Å². The summed E-state index contributed by atoms with van der Waals surface area (Å²) in [5, 5.41) is 20.7. The second-order valence-electron chi connectivity index (χ2n) is 3.79. The van der Waals surface area contributed by atoms with Crippen molar-refractivity contribution in [1.29, 1.82) is 0 Å². The minimum Gasteiger partial charge on any atom is -0.623 e. The van der Waals surface area contributed by atoms with Crippen molar-refractivity contribution < 1.29 is 9.85 Å². The summed E-state index contributed by atoms with van der Waals surface area (Å²) in [6.45, 7) is 3.67. The van der Waals surface area contributed by atoms with Crippen LogP contribution in [0.4, 0.5) is 0 Å². The lowest BCUT2D eigenvalue weighted by molar-refractivity contribution is -0.540. The number of phenolic OH excluding ortho intramolecular Hbond substituents is 1. The molecule has 0 amide bonds. The lowest BCUT2D eigenvalue weighted by Crippen LogP contribution is -2.25. The van der Waals surface area contributed by atoms with Crippen LogP contribution in [0.1, 0.15) is 25.0 Å². The number of aromatic hydroxyl groups is 1. The first-order valence-electron chi connectivity index (χ1n) is 4.16. The Kier molecular flexibility index (Phi) is 1.40. The molecule has 3 nitrogen and oxygen atoms in total. The zero-order chi connectivity index (χ0) is 9.64. The predicted octanol–water partition coefficient (Wildman–Crippen LogP) is 1.57. The Morgan fingerprint density at radius 1 is 1.38 bits per heavy atom. The number of nitrogens with zero attached hydrogens (tertiary/aromatic N) is 1. The number of fused-ring (bicyclic) bond motifs is 1. The van der Waals surface area contributed by atoms with Crippen LogP contribution in [-0.2, 0) is 5.54 Å². The normalized spacial score (nSPS) is 18.2. The van der Waals surface area contributed by atoms with Crippen LogP contribution < -0.4 is 0 Å². The molecule has 1 aromatic carbocycles. The summed E-state index contributed by atoms with van der Waals surface area (Å²) < 4.78 is 0.914. The van der Waals surface area contributed by atoms with E-state index in [1.54, 1.807) is 24.4 Å². The summed E-state index contributed by atoms with van der Waals surface area (Å²) in [4.78, 5) is 0. The van der Waals surface area contributed by atoms with Gasteiger partial charge in [0.15, 0.2) is 11.8 Å². The topological polar surface area (TPSA) is 46.3 Å². The van der Waals surface area contributed by atoms with Gasteiger partial charge in [0, 0.05) is 25.0 Å². The molecule has 0 aliphatic carbocycles. The molecule has 2 rings (SSSR count). The fraction of sp³-hybridized carbons (Fsp3) is 0.300. The number of hydrogen-bond acceptors (Lipinski definition) is 2. The quantitative estimate of drug-likeness (QED) is 0.483. The van der Waals surface area contributed by atoms with Crippen molar-refractivity contribution in [1.82, 2.24) is 0 Å². The molecule has 13 heavy (non-hydrogen) atoms. The number of hydroxylamine groups is 1. The first kappa shape index (κ1) is 8.10. The van der Waals surface area contributed by atoms with Crippen LogP contribution in [0.25, 0.3) is 0 Å². The average Bonchev–Trinajstić information content (AvgIpc) is 2.27. The zero-order valence-corrected chi connectivity index (χ0v) is 7.61. The van der Waals surface area contributed by atoms with Crippen LogP contribution in [0.2, 0.25) is 0 Å². The van der Waals surface area contributed by atoms with Gasteiger partial charge in [-0.25, -0.2) is 4.74 Å². The largest absolute Gasteiger partial charge is 0.623 e. The van der Waals surface area contributed by atoms with Crippen molar-refractivity contribution in [2.75, 3.05) is 0 Å². The van der Waals surface area contributed by atoms with Gasteiger partial charge in [-0.2, -0.15) is 0 Å². The summed E-state index contributed by atoms with van der Waals surface area (Å²) in [7, 11) is 0. The lowest BCUT2D eigenvalue weighted by atomic mass is 9.94. The van der Waals surface area contributed by atoms with E-state index in [1.165, 1.54) is 0 Å². The van der Waals surface area contributed by atoms with Gasteiger partial charge in [-0.1, -0.05) is 0 Å². The van der Waals surface area contributed by atoms with Gasteiger partial charge >= 0.3 is 0 Å². The Hall–Kier alpha value is -1.51. The smallest absolute Gasteiger partial charge is 0.193 e. The number of hydrogen-bond donors (Lipinski definition) is 1. The molecule has 1 N–H and O–H groups in total. The third-order valence-electron chi connectivity index (χ3n) is 2.50. The predicted molar refractivity (Wildman–Crippen MR) is 49.9 cm³/mol. The maximum absolute atomic E-state index is 11.4. The van der Waals surface area contributed by atoms with E-state index in [0.29, 0.717) is 0 Å². The van der Waals surface area contributed by atoms with Gasteiger partial charge in [-0.3, -0.25) is 0 Å². The second kappa shape index (κ2) is 2.25. The van der Waals surface area contributed by atoms with Crippen molar-refractivity contribution in [3.8, 4) is 5.75 Å². The molecule has 0 spiro atoms. The molecule has 0 saturated carbocycles. The van der Waals surface area contributed by atoms with E-state index in [-0.39, 0.29) is 5.75 Å². The molecule has 0 saturated heterocycles. The number of benzene rings is 1. The van der Waals surface area contributed by atoms with Crippen molar-refractivity contribution in [3.05, 3.63) is 34.5 Å². The van der Waals surface area contributed by atoms with Gasteiger partial charge in [0.2, 0.25) is 0 Å². The monoisotopic (exact) mass is 177 g/mol. The maximum atomic E-state index is 11.4.